The Bertz CT molecular complexity index is 575. The van der Waals surface area contributed by atoms with Crippen LogP contribution in [-0.4, -0.2) is 12.9 Å². The summed E-state index contributed by atoms with van der Waals surface area (Å²) < 4.78 is 5.89. The lowest BCUT2D eigenvalue weighted by molar-refractivity contribution is 0.307. The molecule has 0 aromatic heterocycles. The van der Waals surface area contributed by atoms with Gasteiger partial charge >= 0.3 is 0 Å². The van der Waals surface area contributed by atoms with E-state index in [1.54, 1.807) is 6.07 Å². The SMILES string of the molecule is CCCCCCCCOc1c([C]=O)ccc2ccccc12. The fourth-order valence-corrected chi connectivity index (χ4v) is 2.54. The molecule has 0 spiro atoms. The molecular weight excluding hydrogens is 260 g/mol. The number of ether oxygens (including phenoxy) is 1. The third-order valence-corrected chi connectivity index (χ3v) is 3.73. The first kappa shape index (κ1) is 15.6. The normalized spacial score (nSPS) is 10.7. The summed E-state index contributed by atoms with van der Waals surface area (Å²) >= 11 is 0. The van der Waals surface area contributed by atoms with Crippen LogP contribution in [0.2, 0.25) is 0 Å². The van der Waals surface area contributed by atoms with E-state index in [0.29, 0.717) is 17.9 Å². The van der Waals surface area contributed by atoms with Crippen LogP contribution in [0.4, 0.5) is 0 Å². The number of fused-ring (bicyclic) bond motifs is 1. The zero-order valence-electron chi connectivity index (χ0n) is 12.7. The van der Waals surface area contributed by atoms with Gasteiger partial charge in [0.2, 0.25) is 6.29 Å². The minimum atomic E-state index is 0.514. The Morgan fingerprint density at radius 2 is 1.71 bits per heavy atom. The lowest BCUT2D eigenvalue weighted by Crippen LogP contribution is -2.01. The molecule has 0 bridgehead atoms. The van der Waals surface area contributed by atoms with Crippen LogP contribution in [0.15, 0.2) is 36.4 Å². The highest BCUT2D eigenvalue weighted by molar-refractivity contribution is 5.96. The first-order valence-corrected chi connectivity index (χ1v) is 7.89. The maximum absolute atomic E-state index is 11.1. The maximum Gasteiger partial charge on any atom is 0.237 e. The molecular formula is C19H23O2. The second-order valence-corrected chi connectivity index (χ2v) is 5.38. The van der Waals surface area contributed by atoms with E-state index in [0.717, 1.165) is 17.2 Å². The first-order valence-electron chi connectivity index (χ1n) is 7.89. The van der Waals surface area contributed by atoms with Gasteiger partial charge in [0.1, 0.15) is 5.75 Å². The van der Waals surface area contributed by atoms with Crippen LogP contribution in [0, 0.1) is 0 Å². The molecule has 0 unspecified atom stereocenters. The van der Waals surface area contributed by atoms with Gasteiger partial charge in [-0.2, -0.15) is 0 Å². The Balaban J connectivity index is 1.95. The van der Waals surface area contributed by atoms with E-state index < -0.39 is 0 Å². The fourth-order valence-electron chi connectivity index (χ4n) is 2.54. The van der Waals surface area contributed by atoms with Crippen molar-refractivity contribution in [3.63, 3.8) is 0 Å². The van der Waals surface area contributed by atoms with Gasteiger partial charge in [-0.25, -0.2) is 0 Å². The molecule has 111 valence electrons. The molecule has 0 amide bonds. The zero-order valence-corrected chi connectivity index (χ0v) is 12.7. The van der Waals surface area contributed by atoms with Crippen molar-refractivity contribution < 1.29 is 9.53 Å². The largest absolute Gasteiger partial charge is 0.492 e. The Kier molecular flexibility index (Phi) is 6.26. The summed E-state index contributed by atoms with van der Waals surface area (Å²) in [4.78, 5) is 11.1. The van der Waals surface area contributed by atoms with Crippen molar-refractivity contribution in [3.8, 4) is 5.75 Å². The quantitative estimate of drug-likeness (QED) is 0.603. The van der Waals surface area contributed by atoms with Gasteiger partial charge in [0, 0.05) is 5.39 Å². The molecule has 0 heterocycles. The van der Waals surface area contributed by atoms with Gasteiger partial charge in [-0.1, -0.05) is 69.4 Å². The number of hydrogen-bond donors (Lipinski definition) is 0. The van der Waals surface area contributed by atoms with Gasteiger partial charge in [0.25, 0.3) is 0 Å². The number of hydrogen-bond acceptors (Lipinski definition) is 2. The predicted octanol–water partition coefficient (Wildman–Crippen LogP) is 5.04. The van der Waals surface area contributed by atoms with Crippen LogP contribution < -0.4 is 4.74 Å². The summed E-state index contributed by atoms with van der Waals surface area (Å²) in [6.07, 6.45) is 9.35. The van der Waals surface area contributed by atoms with Gasteiger partial charge in [-0.15, -0.1) is 0 Å². The standard InChI is InChI=1S/C19H23O2/c1-2-3-4-5-6-9-14-21-19-17(15-20)13-12-16-10-7-8-11-18(16)19/h7-8,10-13H,2-6,9,14H2,1H3. The molecule has 0 atom stereocenters. The van der Waals surface area contributed by atoms with E-state index in [2.05, 4.69) is 6.92 Å². The molecule has 0 N–H and O–H groups in total. The topological polar surface area (TPSA) is 26.3 Å². The minimum absolute atomic E-state index is 0.514. The third-order valence-electron chi connectivity index (χ3n) is 3.73. The smallest absolute Gasteiger partial charge is 0.237 e. The summed E-state index contributed by atoms with van der Waals surface area (Å²) in [7, 11) is 0. The van der Waals surface area contributed by atoms with E-state index in [-0.39, 0.29) is 0 Å². The Morgan fingerprint density at radius 1 is 0.952 bits per heavy atom. The molecule has 2 aromatic carbocycles. The number of benzene rings is 2. The predicted molar refractivity (Wildman–Crippen MR) is 87.6 cm³/mol. The van der Waals surface area contributed by atoms with Gasteiger partial charge in [-0.3, -0.25) is 4.79 Å². The molecule has 2 aromatic rings. The van der Waals surface area contributed by atoms with Crippen molar-refractivity contribution in [3.05, 3.63) is 42.0 Å². The summed E-state index contributed by atoms with van der Waals surface area (Å²) in [6.45, 7) is 2.88. The fraction of sp³-hybridized carbons (Fsp3) is 0.421. The van der Waals surface area contributed by atoms with Crippen LogP contribution >= 0.6 is 0 Å². The van der Waals surface area contributed by atoms with Gasteiger partial charge in [0.05, 0.1) is 12.2 Å². The van der Waals surface area contributed by atoms with E-state index in [4.69, 9.17) is 4.74 Å². The van der Waals surface area contributed by atoms with Crippen molar-refractivity contribution in [2.45, 2.75) is 45.4 Å². The highest BCUT2D eigenvalue weighted by Crippen LogP contribution is 2.29. The summed E-state index contributed by atoms with van der Waals surface area (Å²) in [5.41, 5.74) is 0.514. The van der Waals surface area contributed by atoms with Crippen LogP contribution in [0.3, 0.4) is 0 Å². The molecule has 0 aliphatic carbocycles. The first-order chi connectivity index (χ1) is 10.4. The summed E-state index contributed by atoms with van der Waals surface area (Å²) in [6, 6.07) is 11.7. The Labute approximate surface area is 127 Å². The van der Waals surface area contributed by atoms with Gasteiger partial charge in [-0.05, 0) is 17.9 Å². The molecule has 0 saturated carbocycles. The van der Waals surface area contributed by atoms with Crippen molar-refractivity contribution in [2.24, 2.45) is 0 Å². The van der Waals surface area contributed by atoms with Crippen molar-refractivity contribution in [1.82, 2.24) is 0 Å². The highest BCUT2D eigenvalue weighted by atomic mass is 16.5. The van der Waals surface area contributed by atoms with E-state index >= 15 is 0 Å². The average molecular weight is 283 g/mol. The third kappa shape index (κ3) is 4.32. The number of rotatable bonds is 9. The number of unbranched alkanes of at least 4 members (excludes halogenated alkanes) is 5. The molecule has 0 aliphatic heterocycles. The lowest BCUT2D eigenvalue weighted by Gasteiger charge is -2.11. The van der Waals surface area contributed by atoms with Crippen molar-refractivity contribution in [1.29, 1.82) is 0 Å². The van der Waals surface area contributed by atoms with Gasteiger partial charge in [0.15, 0.2) is 0 Å². The second kappa shape index (κ2) is 8.46. The molecule has 2 heteroatoms. The Hall–Kier alpha value is -1.83. The number of carbonyl (C=O) groups excluding carboxylic acids is 1. The highest BCUT2D eigenvalue weighted by Gasteiger charge is 2.08. The van der Waals surface area contributed by atoms with Crippen molar-refractivity contribution >= 4 is 17.1 Å². The Morgan fingerprint density at radius 3 is 2.52 bits per heavy atom. The second-order valence-electron chi connectivity index (χ2n) is 5.38. The summed E-state index contributed by atoms with van der Waals surface area (Å²) in [5.74, 6) is 0.677. The molecule has 1 radical (unpaired) electrons. The van der Waals surface area contributed by atoms with Crippen LogP contribution in [0.1, 0.15) is 51.0 Å². The molecule has 0 saturated heterocycles. The van der Waals surface area contributed by atoms with Crippen LogP contribution in [0.25, 0.3) is 10.8 Å². The van der Waals surface area contributed by atoms with E-state index in [1.807, 2.05) is 36.6 Å². The minimum Gasteiger partial charge on any atom is -0.492 e. The molecule has 2 rings (SSSR count). The monoisotopic (exact) mass is 283 g/mol. The van der Waals surface area contributed by atoms with Crippen molar-refractivity contribution in [2.75, 3.05) is 6.61 Å². The van der Waals surface area contributed by atoms with E-state index in [9.17, 15) is 4.79 Å². The summed E-state index contributed by atoms with van der Waals surface area (Å²) in [5, 5.41) is 2.08. The van der Waals surface area contributed by atoms with E-state index in [1.165, 1.54) is 32.1 Å². The average Bonchev–Trinajstić information content (AvgIpc) is 2.54. The van der Waals surface area contributed by atoms with Crippen LogP contribution in [-0.2, 0) is 4.79 Å². The van der Waals surface area contributed by atoms with Gasteiger partial charge < -0.3 is 4.74 Å². The zero-order chi connectivity index (χ0) is 14.9. The molecule has 2 nitrogen and oxygen atoms in total. The molecule has 21 heavy (non-hydrogen) atoms. The maximum atomic E-state index is 11.1. The lowest BCUT2D eigenvalue weighted by atomic mass is 10.1. The molecule has 0 aliphatic rings. The molecule has 0 fully saturated rings. The van der Waals surface area contributed by atoms with Crippen LogP contribution in [0.5, 0.6) is 5.75 Å².